The first-order valence-corrected chi connectivity index (χ1v) is 16.3. The number of benzene rings is 2. The van der Waals surface area contributed by atoms with Crippen molar-refractivity contribution in [2.45, 2.75) is 32.2 Å². The summed E-state index contributed by atoms with van der Waals surface area (Å²) >= 11 is 15.6. The number of carbonyl (C=O) groups is 1. The number of aromatic amines is 1. The van der Waals surface area contributed by atoms with Crippen molar-refractivity contribution >= 4 is 64.6 Å². The molecule has 0 radical (unpaired) electrons. The van der Waals surface area contributed by atoms with Crippen molar-refractivity contribution in [3.8, 4) is 6.07 Å². The molecule has 1 amide bonds. The summed E-state index contributed by atoms with van der Waals surface area (Å²) in [6, 6.07) is 14.1. The maximum Gasteiger partial charge on any atom is 0.261 e. The lowest BCUT2D eigenvalue weighted by molar-refractivity contribution is -0.126. The minimum Gasteiger partial charge on any atom is -0.365 e. The second-order valence-corrected chi connectivity index (χ2v) is 11.5. The minimum atomic E-state index is -2.41. The van der Waals surface area contributed by atoms with Gasteiger partial charge in [-0.1, -0.05) is 42.4 Å². The number of halogens is 3. The molecule has 45 heavy (non-hydrogen) atoms. The lowest BCUT2D eigenvalue weighted by Gasteiger charge is -2.38. The first kappa shape index (κ1) is 36.2. The maximum absolute atomic E-state index is 12.2. The predicted octanol–water partition coefficient (Wildman–Crippen LogP) is 6.38. The topological polar surface area (TPSA) is 82.5 Å². The number of piperazine rings is 1. The Morgan fingerprint density at radius 2 is 1.78 bits per heavy atom. The largest absolute Gasteiger partial charge is 0.365 e. The van der Waals surface area contributed by atoms with E-state index in [0.717, 1.165) is 59.0 Å². The van der Waals surface area contributed by atoms with Gasteiger partial charge in [-0.15, -0.1) is 0 Å². The van der Waals surface area contributed by atoms with E-state index in [4.69, 9.17) is 29.1 Å². The Morgan fingerprint density at radius 3 is 2.33 bits per heavy atom. The Labute approximate surface area is 279 Å². The molecule has 0 aliphatic carbocycles. The van der Waals surface area contributed by atoms with Gasteiger partial charge in [0.15, 0.2) is 4.77 Å². The zero-order valence-corrected chi connectivity index (χ0v) is 28.4. The number of aromatic nitrogens is 2. The van der Waals surface area contributed by atoms with Gasteiger partial charge in [0, 0.05) is 74.9 Å². The molecule has 1 N–H and O–H groups in total. The molecule has 6 rings (SSSR count). The summed E-state index contributed by atoms with van der Waals surface area (Å²) in [5, 5.41) is 10.3. The molecule has 3 aliphatic rings. The monoisotopic (exact) mass is 675 g/mol. The number of fused-ring (bicyclic) bond motifs is 2. The lowest BCUT2D eigenvalue weighted by Crippen LogP contribution is -2.49. The third-order valence-corrected chi connectivity index (χ3v) is 8.19. The van der Waals surface area contributed by atoms with Crippen LogP contribution in [0.1, 0.15) is 24.6 Å². The fraction of sp³-hybridized carbons (Fsp3) is 0.438. The quantitative estimate of drug-likeness (QED) is 0.190. The number of anilines is 2. The highest BCUT2D eigenvalue weighted by molar-refractivity contribution is 7.79. The van der Waals surface area contributed by atoms with Gasteiger partial charge in [0.05, 0.1) is 24.2 Å². The number of amides is 1. The predicted molar refractivity (Wildman–Crippen MR) is 185 cm³/mol. The molecule has 2 saturated heterocycles. The minimum absolute atomic E-state index is 0.0191. The van der Waals surface area contributed by atoms with Crippen molar-refractivity contribution in [1.29, 1.82) is 5.26 Å². The molecule has 3 aromatic rings. The summed E-state index contributed by atoms with van der Waals surface area (Å²) in [7, 11) is 1.71. The zero-order valence-electron chi connectivity index (χ0n) is 25.9. The number of alkyl halides is 2. The summed E-state index contributed by atoms with van der Waals surface area (Å²) in [6.07, 6.45) is 3.96. The van der Waals surface area contributed by atoms with Crippen LogP contribution >= 0.6 is 36.4 Å². The number of thiol groups is 1. The summed E-state index contributed by atoms with van der Waals surface area (Å²) in [4.78, 5) is 28.0. The summed E-state index contributed by atoms with van der Waals surface area (Å²) < 4.78 is 24.8. The molecule has 3 aliphatic heterocycles. The summed E-state index contributed by atoms with van der Waals surface area (Å²) in [6.45, 7) is 9.87. The number of rotatable bonds is 3. The van der Waals surface area contributed by atoms with Crippen LogP contribution < -0.4 is 9.80 Å². The van der Waals surface area contributed by atoms with E-state index in [1.165, 1.54) is 18.6 Å². The van der Waals surface area contributed by atoms with Crippen molar-refractivity contribution in [3.63, 3.8) is 0 Å². The van der Waals surface area contributed by atoms with Crippen LogP contribution in [0, 0.1) is 16.1 Å². The number of likely N-dealkylation sites (tertiary alicyclic amines) is 1. The van der Waals surface area contributed by atoms with E-state index in [-0.39, 0.29) is 18.9 Å². The van der Waals surface area contributed by atoms with E-state index in [1.807, 2.05) is 17.0 Å². The highest BCUT2D eigenvalue weighted by atomic mass is 35.5. The molecular formula is C32H40ClF2N7OS2. The van der Waals surface area contributed by atoms with Crippen LogP contribution in [0.3, 0.4) is 0 Å². The summed E-state index contributed by atoms with van der Waals surface area (Å²) in [5.74, 6) is -1.48. The van der Waals surface area contributed by atoms with Crippen LogP contribution in [-0.2, 0) is 17.8 Å². The molecule has 4 heterocycles. The van der Waals surface area contributed by atoms with Gasteiger partial charge in [-0.25, -0.2) is 13.8 Å². The van der Waals surface area contributed by atoms with E-state index >= 15 is 0 Å². The van der Waals surface area contributed by atoms with Gasteiger partial charge in [0.1, 0.15) is 5.82 Å². The highest BCUT2D eigenvalue weighted by Crippen LogP contribution is 2.36. The number of H-pyrrole nitrogens is 1. The number of nitrogens with zero attached hydrogens (tertiary/aromatic N) is 6. The number of nitriles is 1. The van der Waals surface area contributed by atoms with Crippen molar-refractivity contribution in [1.82, 2.24) is 19.8 Å². The lowest BCUT2D eigenvalue weighted by atomic mass is 10.0. The van der Waals surface area contributed by atoms with Crippen LogP contribution in [0.2, 0.25) is 5.02 Å². The standard InChI is InChI=1S/C24H24ClN5OS.C5H9F2N.C2H3N.CH4S/c1-2-21(31)28-11-13-29(14-12-28)23-17-9-10-30(15-19(17)26-24(32)27-23)20-8-4-6-16-5-3-7-18(25)22(16)20;1-8-3-2-5(6,7)4-8;1-2-3;1-2/h2-8H,1,9-15H2,(H,26,27,32);2-4H2,1H3;1H3;2H,1H3. The average Bonchev–Trinajstić information content (AvgIpc) is 3.37. The van der Waals surface area contributed by atoms with Crippen molar-refractivity contribution in [2.75, 3.05) is 68.9 Å². The van der Waals surface area contributed by atoms with Gasteiger partial charge >= 0.3 is 0 Å². The van der Waals surface area contributed by atoms with Gasteiger partial charge in [-0.05, 0) is 55.5 Å². The fourth-order valence-electron chi connectivity index (χ4n) is 5.63. The molecular weight excluding hydrogens is 636 g/mol. The van der Waals surface area contributed by atoms with Gasteiger partial charge in [0.25, 0.3) is 5.92 Å². The van der Waals surface area contributed by atoms with Gasteiger partial charge in [-0.2, -0.15) is 17.9 Å². The Hall–Kier alpha value is -3.24. The SMILES string of the molecule is C=CC(=O)N1CCN(c2nc(=S)[nH]c3c2CCN(c2cccc4cccc(Cl)c24)C3)CC1.CC#N.CN1CCC(F)(F)C1.CS. The van der Waals surface area contributed by atoms with E-state index in [2.05, 4.69) is 63.2 Å². The molecule has 2 fully saturated rings. The molecule has 1 aromatic heterocycles. The molecule has 242 valence electrons. The van der Waals surface area contributed by atoms with E-state index < -0.39 is 5.92 Å². The Bertz CT molecular complexity index is 1570. The molecule has 0 saturated carbocycles. The highest BCUT2D eigenvalue weighted by Gasteiger charge is 2.36. The average molecular weight is 676 g/mol. The first-order valence-electron chi connectivity index (χ1n) is 14.6. The van der Waals surface area contributed by atoms with Crippen LogP contribution in [0.5, 0.6) is 0 Å². The normalized spacial score (nSPS) is 17.0. The van der Waals surface area contributed by atoms with Gasteiger partial charge in [-0.3, -0.25) is 4.79 Å². The van der Waals surface area contributed by atoms with Crippen LogP contribution in [0.15, 0.2) is 49.1 Å². The van der Waals surface area contributed by atoms with Crippen LogP contribution in [0.25, 0.3) is 10.8 Å². The van der Waals surface area contributed by atoms with Crippen molar-refractivity contribution < 1.29 is 13.6 Å². The molecule has 0 bridgehead atoms. The molecule has 0 unspecified atom stereocenters. The van der Waals surface area contributed by atoms with Crippen LogP contribution in [0.4, 0.5) is 20.3 Å². The van der Waals surface area contributed by atoms with E-state index in [1.54, 1.807) is 24.3 Å². The molecule has 0 spiro atoms. The summed E-state index contributed by atoms with van der Waals surface area (Å²) in [5.41, 5.74) is 3.44. The number of hydrogen-bond acceptors (Lipinski definition) is 8. The van der Waals surface area contributed by atoms with Gasteiger partial charge < -0.3 is 24.6 Å². The Kier molecular flexibility index (Phi) is 13.6. The number of carbonyl (C=O) groups excluding carboxylic acids is 1. The second-order valence-electron chi connectivity index (χ2n) is 10.7. The third kappa shape index (κ3) is 9.39. The molecule has 2 aromatic carbocycles. The van der Waals surface area contributed by atoms with Crippen molar-refractivity contribution in [3.05, 3.63) is 70.1 Å². The molecule has 0 atom stereocenters. The fourth-order valence-corrected chi connectivity index (χ4v) is 6.12. The Morgan fingerprint density at radius 1 is 1.13 bits per heavy atom. The van der Waals surface area contributed by atoms with Gasteiger partial charge in [0.2, 0.25) is 5.91 Å². The number of nitrogens with one attached hydrogen (secondary N) is 1. The first-order chi connectivity index (χ1) is 21.6. The zero-order chi connectivity index (χ0) is 33.1. The smallest absolute Gasteiger partial charge is 0.261 e. The molecule has 13 heteroatoms. The maximum atomic E-state index is 12.2. The van der Waals surface area contributed by atoms with E-state index in [0.29, 0.717) is 31.0 Å². The Balaban J connectivity index is 0.000000359. The molecule has 8 nitrogen and oxygen atoms in total. The number of hydrogen-bond donors (Lipinski definition) is 2. The second kappa shape index (κ2) is 16.9. The van der Waals surface area contributed by atoms with Crippen LogP contribution in [-0.4, -0.2) is 90.7 Å². The third-order valence-electron chi connectivity index (χ3n) is 7.68. The van der Waals surface area contributed by atoms with E-state index in [9.17, 15) is 13.6 Å². The van der Waals surface area contributed by atoms with Crippen molar-refractivity contribution in [2.24, 2.45) is 0 Å².